The lowest BCUT2D eigenvalue weighted by molar-refractivity contribution is 0.483. The summed E-state index contributed by atoms with van der Waals surface area (Å²) in [6.45, 7) is 4.30. The molecule has 0 atom stereocenters. The highest BCUT2D eigenvalue weighted by Gasteiger charge is 2.00. The van der Waals surface area contributed by atoms with Crippen molar-refractivity contribution in [2.75, 3.05) is 0 Å². The summed E-state index contributed by atoms with van der Waals surface area (Å²) in [5, 5.41) is 0.655. The van der Waals surface area contributed by atoms with Crippen LogP contribution < -0.4 is 4.74 Å². The average molecular weight is 339 g/mol. The number of halogens is 1. The first kappa shape index (κ1) is 16.3. The van der Waals surface area contributed by atoms with Gasteiger partial charge in [0, 0.05) is 35.2 Å². The van der Waals surface area contributed by atoms with Gasteiger partial charge in [-0.05, 0) is 62.4 Å². The zero-order chi connectivity index (χ0) is 16.9. The Morgan fingerprint density at radius 3 is 2.50 bits per heavy atom. The highest BCUT2D eigenvalue weighted by Crippen LogP contribution is 2.26. The molecule has 0 amide bonds. The van der Waals surface area contributed by atoms with Crippen molar-refractivity contribution in [2.45, 2.75) is 19.9 Å². The van der Waals surface area contributed by atoms with Gasteiger partial charge in [0.2, 0.25) is 0 Å². The van der Waals surface area contributed by atoms with Crippen molar-refractivity contribution >= 4 is 23.5 Å². The number of hydrogen-bond acceptors (Lipinski definition) is 2. The summed E-state index contributed by atoms with van der Waals surface area (Å²) in [4.78, 5) is 4.50. The molecule has 0 saturated carbocycles. The van der Waals surface area contributed by atoms with Gasteiger partial charge in [-0.15, -0.1) is 0 Å². The van der Waals surface area contributed by atoms with Crippen LogP contribution in [0.4, 0.5) is 5.69 Å². The molecule has 122 valence electrons. The summed E-state index contributed by atoms with van der Waals surface area (Å²) in [7, 11) is 0. The van der Waals surface area contributed by atoms with Crippen LogP contribution in [0.2, 0.25) is 5.02 Å². The number of benzene rings is 2. The normalized spacial score (nSPS) is 11.3. The van der Waals surface area contributed by atoms with Crippen LogP contribution in [0.15, 0.2) is 72.0 Å². The SMILES string of the molecule is CC(C)n1ccc(C=Nc2ccc(Oc3cccc(Cl)c3)cc2)c1. The molecule has 4 heteroatoms. The first-order valence-electron chi connectivity index (χ1n) is 7.85. The average Bonchev–Trinajstić information content (AvgIpc) is 3.04. The highest BCUT2D eigenvalue weighted by molar-refractivity contribution is 6.30. The van der Waals surface area contributed by atoms with E-state index in [1.807, 2.05) is 48.7 Å². The van der Waals surface area contributed by atoms with Gasteiger partial charge in [-0.25, -0.2) is 0 Å². The summed E-state index contributed by atoms with van der Waals surface area (Å²) < 4.78 is 7.92. The predicted molar refractivity (Wildman–Crippen MR) is 100 cm³/mol. The molecule has 1 aromatic heterocycles. The van der Waals surface area contributed by atoms with Crippen molar-refractivity contribution in [3.05, 3.63) is 77.6 Å². The standard InChI is InChI=1S/C20H19ClN2O/c1-15(2)23-11-10-16(14-23)13-22-18-6-8-19(9-7-18)24-20-5-3-4-17(21)12-20/h3-15H,1-2H3. The molecule has 24 heavy (non-hydrogen) atoms. The third kappa shape index (κ3) is 4.27. The lowest BCUT2D eigenvalue weighted by Crippen LogP contribution is -1.95. The van der Waals surface area contributed by atoms with Gasteiger partial charge in [0.1, 0.15) is 11.5 Å². The van der Waals surface area contributed by atoms with Crippen molar-refractivity contribution in [2.24, 2.45) is 4.99 Å². The van der Waals surface area contributed by atoms with E-state index in [0.717, 1.165) is 17.0 Å². The van der Waals surface area contributed by atoms with Gasteiger partial charge < -0.3 is 9.30 Å². The van der Waals surface area contributed by atoms with E-state index < -0.39 is 0 Å². The van der Waals surface area contributed by atoms with Crippen LogP contribution in [0.3, 0.4) is 0 Å². The Bertz CT molecular complexity index is 835. The molecule has 3 aromatic rings. The van der Waals surface area contributed by atoms with E-state index >= 15 is 0 Å². The third-order valence-electron chi connectivity index (χ3n) is 3.56. The summed E-state index contributed by atoms with van der Waals surface area (Å²) in [6.07, 6.45) is 6.02. The number of ether oxygens (including phenoxy) is 1. The molecule has 0 N–H and O–H groups in total. The topological polar surface area (TPSA) is 26.5 Å². The second-order valence-corrected chi connectivity index (χ2v) is 6.23. The second kappa shape index (κ2) is 7.37. The van der Waals surface area contributed by atoms with E-state index in [1.165, 1.54) is 0 Å². The Hall–Kier alpha value is -2.52. The number of rotatable bonds is 5. The fourth-order valence-corrected chi connectivity index (χ4v) is 2.42. The molecule has 0 radical (unpaired) electrons. The minimum absolute atomic E-state index is 0.454. The second-order valence-electron chi connectivity index (χ2n) is 5.80. The van der Waals surface area contributed by atoms with Crippen LogP contribution in [0.5, 0.6) is 11.5 Å². The smallest absolute Gasteiger partial charge is 0.128 e. The van der Waals surface area contributed by atoms with E-state index in [2.05, 4.69) is 41.9 Å². The van der Waals surface area contributed by atoms with Gasteiger partial charge in [0.05, 0.1) is 5.69 Å². The van der Waals surface area contributed by atoms with Crippen LogP contribution in [0.1, 0.15) is 25.5 Å². The van der Waals surface area contributed by atoms with Crippen LogP contribution in [0.25, 0.3) is 0 Å². The van der Waals surface area contributed by atoms with Crippen LogP contribution in [-0.2, 0) is 0 Å². The zero-order valence-corrected chi connectivity index (χ0v) is 14.4. The predicted octanol–water partition coefficient (Wildman–Crippen LogP) is 6.27. The largest absolute Gasteiger partial charge is 0.457 e. The molecule has 0 unspecified atom stereocenters. The summed E-state index contributed by atoms with van der Waals surface area (Å²) >= 11 is 5.96. The van der Waals surface area contributed by atoms with Crippen molar-refractivity contribution < 1.29 is 4.74 Å². The molecule has 0 bridgehead atoms. The fourth-order valence-electron chi connectivity index (χ4n) is 2.24. The van der Waals surface area contributed by atoms with Gasteiger partial charge in [-0.2, -0.15) is 0 Å². The number of hydrogen-bond donors (Lipinski definition) is 0. The molecule has 0 saturated heterocycles. The van der Waals surface area contributed by atoms with E-state index in [1.54, 1.807) is 6.07 Å². The maximum atomic E-state index is 5.96. The Balaban J connectivity index is 1.66. The minimum atomic E-state index is 0.454. The van der Waals surface area contributed by atoms with Gasteiger partial charge in [0.15, 0.2) is 0 Å². The number of nitrogens with zero attached hydrogens (tertiary/aromatic N) is 2. The van der Waals surface area contributed by atoms with Crippen LogP contribution >= 0.6 is 11.6 Å². The highest BCUT2D eigenvalue weighted by atomic mass is 35.5. The molecule has 1 heterocycles. The van der Waals surface area contributed by atoms with Crippen molar-refractivity contribution in [3.63, 3.8) is 0 Å². The van der Waals surface area contributed by atoms with Crippen molar-refractivity contribution in [3.8, 4) is 11.5 Å². The zero-order valence-electron chi connectivity index (χ0n) is 13.7. The van der Waals surface area contributed by atoms with Crippen LogP contribution in [0, 0.1) is 0 Å². The van der Waals surface area contributed by atoms with E-state index in [0.29, 0.717) is 16.8 Å². The molecule has 3 rings (SSSR count). The molecule has 0 fully saturated rings. The van der Waals surface area contributed by atoms with Crippen LogP contribution in [-0.4, -0.2) is 10.8 Å². The van der Waals surface area contributed by atoms with E-state index in [9.17, 15) is 0 Å². The Kier molecular flexibility index (Phi) is 5.02. The molecule has 0 aliphatic rings. The molecular formula is C20H19ClN2O. The lowest BCUT2D eigenvalue weighted by atomic mass is 10.3. The Morgan fingerprint density at radius 2 is 1.83 bits per heavy atom. The van der Waals surface area contributed by atoms with Crippen molar-refractivity contribution in [1.29, 1.82) is 0 Å². The lowest BCUT2D eigenvalue weighted by Gasteiger charge is -2.06. The molecular weight excluding hydrogens is 320 g/mol. The van der Waals surface area contributed by atoms with Crippen molar-refractivity contribution in [1.82, 2.24) is 4.57 Å². The summed E-state index contributed by atoms with van der Waals surface area (Å²) in [6, 6.07) is 17.5. The Labute approximate surface area is 147 Å². The first-order chi connectivity index (χ1) is 11.6. The minimum Gasteiger partial charge on any atom is -0.457 e. The third-order valence-corrected chi connectivity index (χ3v) is 3.80. The van der Waals surface area contributed by atoms with E-state index in [-0.39, 0.29) is 0 Å². The van der Waals surface area contributed by atoms with Gasteiger partial charge in [0.25, 0.3) is 0 Å². The Morgan fingerprint density at radius 1 is 1.04 bits per heavy atom. The van der Waals surface area contributed by atoms with Gasteiger partial charge in [-0.3, -0.25) is 4.99 Å². The molecule has 0 spiro atoms. The van der Waals surface area contributed by atoms with Gasteiger partial charge >= 0.3 is 0 Å². The summed E-state index contributed by atoms with van der Waals surface area (Å²) in [5.74, 6) is 1.47. The molecule has 0 aliphatic heterocycles. The van der Waals surface area contributed by atoms with Gasteiger partial charge in [-0.1, -0.05) is 17.7 Å². The molecule has 0 aliphatic carbocycles. The maximum absolute atomic E-state index is 5.96. The number of aromatic nitrogens is 1. The first-order valence-corrected chi connectivity index (χ1v) is 8.23. The monoisotopic (exact) mass is 338 g/mol. The maximum Gasteiger partial charge on any atom is 0.128 e. The molecule has 2 aromatic carbocycles. The molecule has 3 nitrogen and oxygen atoms in total. The van der Waals surface area contributed by atoms with E-state index in [4.69, 9.17) is 16.3 Å². The fraction of sp³-hybridized carbons (Fsp3) is 0.150. The quantitative estimate of drug-likeness (QED) is 0.504. The number of aliphatic imine (C=N–C) groups is 1. The summed E-state index contributed by atoms with van der Waals surface area (Å²) in [5.41, 5.74) is 1.97.